The van der Waals surface area contributed by atoms with E-state index in [1.165, 1.54) is 80.9 Å². The van der Waals surface area contributed by atoms with Crippen molar-refractivity contribution in [3.8, 4) is 33.4 Å². The summed E-state index contributed by atoms with van der Waals surface area (Å²) in [5.41, 5.74) is 8.11. The van der Waals surface area contributed by atoms with Gasteiger partial charge in [-0.15, -0.1) is 0 Å². The molecule has 2 nitrogen and oxygen atoms in total. The summed E-state index contributed by atoms with van der Waals surface area (Å²) in [6, 6.07) is 75.6. The first kappa shape index (κ1) is 36.7. The van der Waals surface area contributed by atoms with Gasteiger partial charge in [0.05, 0.1) is 0 Å². The van der Waals surface area contributed by atoms with Crippen molar-refractivity contribution < 1.29 is 10.0 Å². The van der Waals surface area contributed by atoms with Gasteiger partial charge in [0, 0.05) is 4.47 Å². The predicted octanol–water partition coefficient (Wildman–Crippen LogP) is 13.1. The average molecular weight is 786 g/mol. The van der Waals surface area contributed by atoms with Crippen LogP contribution in [0.1, 0.15) is 0 Å². The molecule has 10 rings (SSSR count). The van der Waals surface area contributed by atoms with E-state index < -0.39 is 7.12 Å². The van der Waals surface area contributed by atoms with Gasteiger partial charge < -0.3 is 10.0 Å². The highest BCUT2D eigenvalue weighted by atomic mass is 79.9. The van der Waals surface area contributed by atoms with Gasteiger partial charge in [-0.05, 0) is 122 Å². The number of hydrogen-bond acceptors (Lipinski definition) is 2. The van der Waals surface area contributed by atoms with Crippen LogP contribution in [0.4, 0.5) is 0 Å². The van der Waals surface area contributed by atoms with Gasteiger partial charge in [0.2, 0.25) is 0 Å². The van der Waals surface area contributed by atoms with Crippen molar-refractivity contribution in [2.24, 2.45) is 0 Å². The molecule has 0 spiro atoms. The average Bonchev–Trinajstić information content (AvgIpc) is 3.27. The van der Waals surface area contributed by atoms with E-state index in [4.69, 9.17) is 10.0 Å². The third-order valence-corrected chi connectivity index (χ3v) is 10.9. The molecule has 0 saturated heterocycles. The van der Waals surface area contributed by atoms with Gasteiger partial charge in [0.15, 0.2) is 0 Å². The third kappa shape index (κ3) is 8.05. The quantitative estimate of drug-likeness (QED) is 0.138. The first-order valence-corrected chi connectivity index (χ1v) is 19.5. The minimum Gasteiger partial charge on any atom is -0.423 e. The van der Waals surface area contributed by atoms with Crippen LogP contribution < -0.4 is 5.46 Å². The van der Waals surface area contributed by atoms with Crippen LogP contribution in [0.25, 0.3) is 76.5 Å². The third-order valence-electron chi connectivity index (χ3n) is 10.0. The van der Waals surface area contributed by atoms with Gasteiger partial charge in [-0.25, -0.2) is 0 Å². The largest absolute Gasteiger partial charge is 0.488 e. The van der Waals surface area contributed by atoms with E-state index in [2.05, 4.69) is 198 Å². The molecule has 0 bridgehead atoms. The van der Waals surface area contributed by atoms with Crippen LogP contribution >= 0.6 is 15.9 Å². The van der Waals surface area contributed by atoms with E-state index in [0.717, 1.165) is 0 Å². The maximum Gasteiger partial charge on any atom is 0.488 e. The molecule has 56 heavy (non-hydrogen) atoms. The van der Waals surface area contributed by atoms with Crippen LogP contribution in [-0.4, -0.2) is 17.2 Å². The Morgan fingerprint density at radius 3 is 1.21 bits per heavy atom. The van der Waals surface area contributed by atoms with Crippen molar-refractivity contribution in [2.75, 3.05) is 0 Å². The normalized spacial score (nSPS) is 10.8. The number of hydrogen-bond donors (Lipinski definition) is 2. The molecular weight excluding hydrogens is 747 g/mol. The van der Waals surface area contributed by atoms with Crippen molar-refractivity contribution in [3.05, 3.63) is 223 Å². The molecule has 10 aromatic carbocycles. The monoisotopic (exact) mass is 784 g/mol. The summed E-state index contributed by atoms with van der Waals surface area (Å²) in [5.74, 6) is 0. The van der Waals surface area contributed by atoms with E-state index in [-0.39, 0.29) is 0 Å². The first-order chi connectivity index (χ1) is 27.5. The summed E-state index contributed by atoms with van der Waals surface area (Å²) < 4.78 is 1.17. The van der Waals surface area contributed by atoms with Gasteiger partial charge >= 0.3 is 7.12 Å². The fourth-order valence-electron chi connectivity index (χ4n) is 7.23. The van der Waals surface area contributed by atoms with Crippen molar-refractivity contribution >= 4 is 71.6 Å². The van der Waals surface area contributed by atoms with E-state index in [1.54, 1.807) is 24.3 Å². The first-order valence-electron chi connectivity index (χ1n) is 18.7. The summed E-state index contributed by atoms with van der Waals surface area (Å²) >= 11 is 3.79. The Balaban J connectivity index is 0.000000131. The standard InChI is InChI=1S/C26H18.C20H13Br.C6H7BO2/c1-3-9-19(10-4-1)21-15-16-23-17-22-13-7-8-14-24(22)26(25(23)18-21)20-11-5-2-6-12-20;21-20-18-9-5-4-8-16(18)12-17-11-10-15(13-19(17)20)14-6-2-1-3-7-14;8-7(9)6-4-2-1-3-5-6/h1-18H;1-13H;1-5,8-9H. The van der Waals surface area contributed by atoms with Crippen LogP contribution in [0.2, 0.25) is 0 Å². The molecule has 0 aliphatic heterocycles. The lowest BCUT2D eigenvalue weighted by Gasteiger charge is -2.13. The smallest absolute Gasteiger partial charge is 0.423 e. The van der Waals surface area contributed by atoms with Crippen molar-refractivity contribution in [3.63, 3.8) is 0 Å². The highest BCUT2D eigenvalue weighted by Crippen LogP contribution is 2.38. The summed E-state index contributed by atoms with van der Waals surface area (Å²) in [6.45, 7) is 0. The Kier molecular flexibility index (Phi) is 11.1. The zero-order valence-corrected chi connectivity index (χ0v) is 32.2. The second-order valence-corrected chi connectivity index (χ2v) is 14.4. The lowest BCUT2D eigenvalue weighted by Crippen LogP contribution is -2.29. The van der Waals surface area contributed by atoms with Crippen LogP contribution in [-0.2, 0) is 0 Å². The van der Waals surface area contributed by atoms with E-state index >= 15 is 0 Å². The van der Waals surface area contributed by atoms with E-state index in [0.29, 0.717) is 5.46 Å². The summed E-state index contributed by atoms with van der Waals surface area (Å²) in [6.07, 6.45) is 0. The molecule has 0 amide bonds. The lowest BCUT2D eigenvalue weighted by atomic mass is 9.81. The molecule has 0 saturated carbocycles. The number of rotatable bonds is 4. The molecule has 0 atom stereocenters. The van der Waals surface area contributed by atoms with Crippen LogP contribution in [0.5, 0.6) is 0 Å². The van der Waals surface area contributed by atoms with Gasteiger partial charge in [-0.3, -0.25) is 0 Å². The van der Waals surface area contributed by atoms with Crippen LogP contribution in [0.15, 0.2) is 223 Å². The maximum absolute atomic E-state index is 8.58. The SMILES string of the molecule is Brc1c2ccccc2cc2ccc(-c3ccccc3)cc12.OB(O)c1ccccc1.c1ccc(-c2ccc3cc4ccccc4c(-c4ccccc4)c3c2)cc1. The molecule has 0 aliphatic rings. The summed E-state index contributed by atoms with van der Waals surface area (Å²) in [4.78, 5) is 0. The molecule has 0 unspecified atom stereocenters. The number of halogens is 1. The fraction of sp³-hybridized carbons (Fsp3) is 0. The van der Waals surface area contributed by atoms with Crippen LogP contribution in [0, 0.1) is 0 Å². The highest BCUT2D eigenvalue weighted by molar-refractivity contribution is 9.10. The van der Waals surface area contributed by atoms with Gasteiger partial charge in [-0.1, -0.05) is 194 Å². The van der Waals surface area contributed by atoms with Crippen molar-refractivity contribution in [1.82, 2.24) is 0 Å². The van der Waals surface area contributed by atoms with Crippen molar-refractivity contribution in [1.29, 1.82) is 0 Å². The Labute approximate surface area is 336 Å². The molecule has 268 valence electrons. The molecule has 4 heteroatoms. The Morgan fingerprint density at radius 1 is 0.304 bits per heavy atom. The van der Waals surface area contributed by atoms with Gasteiger partial charge in [0.25, 0.3) is 0 Å². The summed E-state index contributed by atoms with van der Waals surface area (Å²) in [7, 11) is -1.34. The second kappa shape index (κ2) is 17.0. The molecule has 10 aromatic rings. The fourth-order valence-corrected chi connectivity index (χ4v) is 7.94. The van der Waals surface area contributed by atoms with E-state index in [1.807, 2.05) is 12.1 Å². The zero-order valence-electron chi connectivity index (χ0n) is 30.6. The van der Waals surface area contributed by atoms with Gasteiger partial charge in [0.1, 0.15) is 0 Å². The molecule has 0 fully saturated rings. The summed E-state index contributed by atoms with van der Waals surface area (Å²) in [5, 5.41) is 27.4. The Morgan fingerprint density at radius 2 is 0.696 bits per heavy atom. The van der Waals surface area contributed by atoms with Crippen LogP contribution in [0.3, 0.4) is 0 Å². The zero-order chi connectivity index (χ0) is 38.3. The molecule has 2 N–H and O–H groups in total. The minimum absolute atomic E-state index is 0.525. The molecule has 0 aromatic heterocycles. The second-order valence-electron chi connectivity index (χ2n) is 13.6. The minimum atomic E-state index is -1.34. The molecule has 0 aliphatic carbocycles. The molecular formula is C52H38BBrO2. The number of benzene rings is 10. The predicted molar refractivity (Wildman–Crippen MR) is 243 cm³/mol. The Bertz CT molecular complexity index is 2880. The topological polar surface area (TPSA) is 40.5 Å². The van der Waals surface area contributed by atoms with E-state index in [9.17, 15) is 0 Å². The van der Waals surface area contributed by atoms with Crippen molar-refractivity contribution in [2.45, 2.75) is 0 Å². The maximum atomic E-state index is 8.58. The Hall–Kier alpha value is -6.30. The highest BCUT2D eigenvalue weighted by Gasteiger charge is 2.12. The lowest BCUT2D eigenvalue weighted by molar-refractivity contribution is 0.426. The number of fused-ring (bicyclic) bond motifs is 4. The molecule has 0 radical (unpaired) electrons. The molecule has 0 heterocycles. The van der Waals surface area contributed by atoms with Gasteiger partial charge in [-0.2, -0.15) is 0 Å².